The summed E-state index contributed by atoms with van der Waals surface area (Å²) in [5.74, 6) is 0.534. The molecular formula is C11H26N2O2S. The van der Waals surface area contributed by atoms with Crippen molar-refractivity contribution in [3.05, 3.63) is 0 Å². The van der Waals surface area contributed by atoms with Crippen molar-refractivity contribution < 1.29 is 8.42 Å². The van der Waals surface area contributed by atoms with E-state index >= 15 is 0 Å². The predicted molar refractivity (Wildman–Crippen MR) is 69.0 cm³/mol. The van der Waals surface area contributed by atoms with Crippen LogP contribution in [0, 0.1) is 5.92 Å². The normalized spacial score (nSPS) is 16.0. The monoisotopic (exact) mass is 250 g/mol. The van der Waals surface area contributed by atoms with E-state index in [9.17, 15) is 8.42 Å². The topological polar surface area (TPSA) is 58.2 Å². The number of nitrogens with one attached hydrogen (secondary N) is 2. The van der Waals surface area contributed by atoms with E-state index < -0.39 is 10.0 Å². The maximum Gasteiger partial charge on any atom is 0.213 e. The summed E-state index contributed by atoms with van der Waals surface area (Å²) in [7, 11) is -3.13. The van der Waals surface area contributed by atoms with Gasteiger partial charge in [0.25, 0.3) is 0 Å². The Morgan fingerprint density at radius 1 is 1.12 bits per heavy atom. The molecule has 5 heteroatoms. The summed E-state index contributed by atoms with van der Waals surface area (Å²) in [5.41, 5.74) is 0. The highest BCUT2D eigenvalue weighted by molar-refractivity contribution is 7.89. The van der Waals surface area contributed by atoms with Gasteiger partial charge >= 0.3 is 0 Å². The van der Waals surface area contributed by atoms with Gasteiger partial charge in [-0.2, -0.15) is 0 Å². The molecule has 0 saturated heterocycles. The van der Waals surface area contributed by atoms with Crippen LogP contribution in [0.2, 0.25) is 0 Å². The van der Waals surface area contributed by atoms with E-state index in [0.29, 0.717) is 12.5 Å². The highest BCUT2D eigenvalue weighted by Crippen LogP contribution is 2.07. The Bertz CT molecular complexity index is 265. The molecule has 0 aliphatic carbocycles. The van der Waals surface area contributed by atoms with Crippen LogP contribution in [0.1, 0.15) is 40.5 Å². The molecule has 16 heavy (non-hydrogen) atoms. The van der Waals surface area contributed by atoms with Crippen LogP contribution in [0.4, 0.5) is 0 Å². The fourth-order valence-corrected chi connectivity index (χ4v) is 2.65. The van der Waals surface area contributed by atoms with Crippen LogP contribution in [0.15, 0.2) is 0 Å². The summed E-state index contributed by atoms with van der Waals surface area (Å²) in [6.45, 7) is 9.50. The molecule has 2 unspecified atom stereocenters. The first-order valence-electron chi connectivity index (χ1n) is 6.13. The summed E-state index contributed by atoms with van der Waals surface area (Å²) in [6.07, 6.45) is 2.01. The number of hydrogen-bond acceptors (Lipinski definition) is 3. The first kappa shape index (κ1) is 15.9. The van der Waals surface area contributed by atoms with Crippen LogP contribution in [0.3, 0.4) is 0 Å². The van der Waals surface area contributed by atoms with Gasteiger partial charge in [0.2, 0.25) is 10.0 Å². The van der Waals surface area contributed by atoms with E-state index in [-0.39, 0.29) is 11.8 Å². The molecule has 0 radical (unpaired) electrons. The molecule has 0 heterocycles. The molecule has 0 aliphatic heterocycles. The predicted octanol–water partition coefficient (Wildman–Crippen LogP) is 1.34. The van der Waals surface area contributed by atoms with Gasteiger partial charge in [0.15, 0.2) is 0 Å². The molecule has 0 aromatic rings. The third-order valence-corrected chi connectivity index (χ3v) is 4.31. The fourth-order valence-electron chi connectivity index (χ4n) is 1.32. The second kappa shape index (κ2) is 8.03. The minimum absolute atomic E-state index is 0.0150. The summed E-state index contributed by atoms with van der Waals surface area (Å²) in [5, 5.41) is 3.09. The molecule has 2 atom stereocenters. The van der Waals surface area contributed by atoms with E-state index in [1.165, 1.54) is 0 Å². The van der Waals surface area contributed by atoms with Crippen molar-refractivity contribution in [3.63, 3.8) is 0 Å². The summed E-state index contributed by atoms with van der Waals surface area (Å²) in [6, 6.07) is 0.0150. The van der Waals surface area contributed by atoms with Gasteiger partial charge < -0.3 is 5.32 Å². The third kappa shape index (κ3) is 7.19. The smallest absolute Gasteiger partial charge is 0.213 e. The van der Waals surface area contributed by atoms with E-state index in [4.69, 9.17) is 0 Å². The lowest BCUT2D eigenvalue weighted by atomic mass is 10.0. The van der Waals surface area contributed by atoms with Crippen molar-refractivity contribution in [1.82, 2.24) is 10.0 Å². The van der Waals surface area contributed by atoms with Crippen molar-refractivity contribution >= 4 is 10.0 Å². The van der Waals surface area contributed by atoms with E-state index in [2.05, 4.69) is 30.8 Å². The van der Waals surface area contributed by atoms with Gasteiger partial charge in [-0.15, -0.1) is 0 Å². The maximum atomic E-state index is 11.7. The summed E-state index contributed by atoms with van der Waals surface area (Å²) in [4.78, 5) is 0. The van der Waals surface area contributed by atoms with E-state index in [1.54, 1.807) is 0 Å². The quantitative estimate of drug-likeness (QED) is 0.607. The first-order chi connectivity index (χ1) is 7.43. The van der Waals surface area contributed by atoms with Gasteiger partial charge in [-0.25, -0.2) is 13.1 Å². The average molecular weight is 250 g/mol. The Morgan fingerprint density at radius 2 is 1.75 bits per heavy atom. The molecule has 0 rings (SSSR count). The molecule has 0 aliphatic rings. The van der Waals surface area contributed by atoms with E-state index in [1.807, 2.05) is 6.92 Å². The van der Waals surface area contributed by atoms with Gasteiger partial charge in [0.1, 0.15) is 0 Å². The molecule has 0 bridgehead atoms. The van der Waals surface area contributed by atoms with Crippen LogP contribution in [-0.2, 0) is 10.0 Å². The van der Waals surface area contributed by atoms with Gasteiger partial charge in [0, 0.05) is 12.6 Å². The highest BCUT2D eigenvalue weighted by Gasteiger charge is 2.17. The second-order valence-electron chi connectivity index (χ2n) is 4.36. The van der Waals surface area contributed by atoms with Gasteiger partial charge in [0.05, 0.1) is 5.75 Å². The Morgan fingerprint density at radius 3 is 2.25 bits per heavy atom. The van der Waals surface area contributed by atoms with Crippen molar-refractivity contribution in [2.45, 2.75) is 46.6 Å². The second-order valence-corrected chi connectivity index (χ2v) is 6.23. The van der Waals surface area contributed by atoms with Crippen LogP contribution in [0.25, 0.3) is 0 Å². The number of rotatable bonds is 9. The number of sulfonamides is 1. The first-order valence-corrected chi connectivity index (χ1v) is 7.78. The Hall–Kier alpha value is -0.130. The molecule has 4 nitrogen and oxygen atoms in total. The number of hydrogen-bond donors (Lipinski definition) is 2. The standard InChI is InChI=1S/C11H26N2O2S/c1-5-7-12-8-9-16(14,15)13-11(4)10(3)6-2/h10-13H,5-9H2,1-4H3. The zero-order valence-corrected chi connectivity index (χ0v) is 11.7. The SMILES string of the molecule is CCCNCCS(=O)(=O)NC(C)C(C)CC. The Kier molecular flexibility index (Phi) is 7.97. The van der Waals surface area contributed by atoms with Crippen molar-refractivity contribution in [1.29, 1.82) is 0 Å². The average Bonchev–Trinajstić information content (AvgIpc) is 2.22. The van der Waals surface area contributed by atoms with Crippen LogP contribution in [0.5, 0.6) is 0 Å². The van der Waals surface area contributed by atoms with Crippen molar-refractivity contribution in [2.24, 2.45) is 5.92 Å². The summed E-state index contributed by atoms with van der Waals surface area (Å²) >= 11 is 0. The Labute approximate surface area is 100 Å². The lowest BCUT2D eigenvalue weighted by Crippen LogP contribution is -2.40. The molecule has 0 aromatic heterocycles. The largest absolute Gasteiger partial charge is 0.316 e. The molecule has 0 spiro atoms. The van der Waals surface area contributed by atoms with Crippen LogP contribution >= 0.6 is 0 Å². The molecule has 2 N–H and O–H groups in total. The van der Waals surface area contributed by atoms with Crippen molar-refractivity contribution in [2.75, 3.05) is 18.8 Å². The fraction of sp³-hybridized carbons (Fsp3) is 1.00. The molecule has 0 aromatic carbocycles. The summed E-state index contributed by atoms with van der Waals surface area (Å²) < 4.78 is 26.1. The van der Waals surface area contributed by atoms with Crippen LogP contribution < -0.4 is 10.0 Å². The van der Waals surface area contributed by atoms with Crippen LogP contribution in [-0.4, -0.2) is 33.3 Å². The van der Waals surface area contributed by atoms with Gasteiger partial charge in [-0.1, -0.05) is 27.2 Å². The minimum Gasteiger partial charge on any atom is -0.316 e. The maximum absolute atomic E-state index is 11.7. The lowest BCUT2D eigenvalue weighted by molar-refractivity contribution is 0.433. The lowest BCUT2D eigenvalue weighted by Gasteiger charge is -2.19. The molecule has 0 saturated carbocycles. The minimum atomic E-state index is -3.13. The zero-order valence-electron chi connectivity index (χ0n) is 10.9. The Balaban J connectivity index is 3.95. The van der Waals surface area contributed by atoms with Gasteiger partial charge in [-0.05, 0) is 25.8 Å². The van der Waals surface area contributed by atoms with Crippen molar-refractivity contribution in [3.8, 4) is 0 Å². The molecular weight excluding hydrogens is 224 g/mol. The van der Waals surface area contributed by atoms with Gasteiger partial charge in [-0.3, -0.25) is 0 Å². The van der Waals surface area contributed by atoms with E-state index in [0.717, 1.165) is 19.4 Å². The third-order valence-electron chi connectivity index (χ3n) is 2.84. The molecule has 0 fully saturated rings. The zero-order chi connectivity index (χ0) is 12.6. The molecule has 98 valence electrons. The highest BCUT2D eigenvalue weighted by atomic mass is 32.2. The molecule has 0 amide bonds.